The zero-order valence-electron chi connectivity index (χ0n) is 15.0. The average Bonchev–Trinajstić information content (AvgIpc) is 2.68. The molecular weight excluding hydrogens is 356 g/mol. The van der Waals surface area contributed by atoms with E-state index in [2.05, 4.69) is 10.3 Å². The Morgan fingerprint density at radius 1 is 1.00 bits per heavy atom. The van der Waals surface area contributed by atoms with E-state index in [0.29, 0.717) is 17.0 Å². The van der Waals surface area contributed by atoms with Crippen LogP contribution in [-0.4, -0.2) is 14.5 Å². The number of aryl methyl sites for hydroxylation is 1. The molecule has 0 aliphatic carbocycles. The van der Waals surface area contributed by atoms with Crippen molar-refractivity contribution in [1.29, 1.82) is 0 Å². The van der Waals surface area contributed by atoms with Crippen LogP contribution in [0.25, 0.3) is 16.6 Å². The van der Waals surface area contributed by atoms with Gasteiger partial charge in [-0.1, -0.05) is 36.4 Å². The molecule has 0 aliphatic rings. The molecule has 0 bridgehead atoms. The predicted octanol–water partition coefficient (Wildman–Crippen LogP) is 4.35. The van der Waals surface area contributed by atoms with Crippen molar-refractivity contribution in [1.82, 2.24) is 9.55 Å². The summed E-state index contributed by atoms with van der Waals surface area (Å²) in [5.41, 5.74) is 1.99. The molecule has 0 saturated carbocycles. The third-order valence-electron chi connectivity index (χ3n) is 4.34. The van der Waals surface area contributed by atoms with Crippen LogP contribution < -0.4 is 10.7 Å². The number of para-hydroxylation sites is 2. The second-order valence-corrected chi connectivity index (χ2v) is 6.29. The van der Waals surface area contributed by atoms with Crippen LogP contribution in [-0.2, 0) is 0 Å². The van der Waals surface area contributed by atoms with Crippen LogP contribution in [0.5, 0.6) is 0 Å². The van der Waals surface area contributed by atoms with Gasteiger partial charge in [-0.3, -0.25) is 9.36 Å². The number of nitrogens with one attached hydrogen (secondary N) is 1. The maximum absolute atomic E-state index is 12.8. The number of pyridine rings is 2. The van der Waals surface area contributed by atoms with Crippen molar-refractivity contribution in [2.75, 3.05) is 5.32 Å². The van der Waals surface area contributed by atoms with Crippen molar-refractivity contribution in [2.24, 2.45) is 0 Å². The maximum atomic E-state index is 12.8. The van der Waals surface area contributed by atoms with Crippen molar-refractivity contribution in [3.05, 3.63) is 98.8 Å². The van der Waals surface area contributed by atoms with Crippen LogP contribution in [0.15, 0.2) is 77.6 Å². The van der Waals surface area contributed by atoms with Crippen molar-refractivity contribution in [2.45, 2.75) is 6.92 Å². The molecule has 0 radical (unpaired) electrons. The highest BCUT2D eigenvalue weighted by Crippen LogP contribution is 2.29. The summed E-state index contributed by atoms with van der Waals surface area (Å²) in [6, 6.07) is 21.8. The monoisotopic (exact) mass is 372 g/mol. The maximum Gasteiger partial charge on any atom is 0.377 e. The van der Waals surface area contributed by atoms with Gasteiger partial charge in [0, 0.05) is 30.4 Å². The van der Waals surface area contributed by atoms with Crippen LogP contribution in [0.1, 0.15) is 5.69 Å². The van der Waals surface area contributed by atoms with E-state index in [-0.39, 0.29) is 5.39 Å². The Kier molecular flexibility index (Phi) is 4.33. The Balaban J connectivity index is 2.10. The molecule has 0 spiro atoms. The molecular formula is C21H16N4O3. The van der Waals surface area contributed by atoms with E-state index in [0.717, 1.165) is 11.4 Å². The van der Waals surface area contributed by atoms with Crippen LogP contribution in [0.4, 0.5) is 17.3 Å². The largest absolute Gasteiger partial charge is 0.377 e. The first-order valence-electron chi connectivity index (χ1n) is 8.64. The summed E-state index contributed by atoms with van der Waals surface area (Å²) in [6.07, 6.45) is 0. The fraction of sp³-hybridized carbons (Fsp3) is 0.0476. The Morgan fingerprint density at radius 3 is 2.29 bits per heavy atom. The van der Waals surface area contributed by atoms with Gasteiger partial charge in [-0.15, -0.1) is 0 Å². The first kappa shape index (κ1) is 17.4. The van der Waals surface area contributed by atoms with Crippen molar-refractivity contribution in [3.8, 4) is 5.69 Å². The highest BCUT2D eigenvalue weighted by atomic mass is 16.6. The summed E-state index contributed by atoms with van der Waals surface area (Å²) >= 11 is 0. The number of nitrogens with zero attached hydrogens (tertiary/aromatic N) is 3. The number of aromatic nitrogens is 2. The van der Waals surface area contributed by atoms with Gasteiger partial charge in [0.2, 0.25) is 0 Å². The number of benzene rings is 2. The molecule has 0 unspecified atom stereocenters. The quantitative estimate of drug-likeness (QED) is 0.425. The van der Waals surface area contributed by atoms with Gasteiger partial charge < -0.3 is 15.4 Å². The molecule has 7 nitrogen and oxygen atoms in total. The minimum Gasteiger partial charge on any atom is -0.358 e. The third-order valence-corrected chi connectivity index (χ3v) is 4.34. The molecule has 7 heteroatoms. The first-order valence-corrected chi connectivity index (χ1v) is 8.64. The average molecular weight is 372 g/mol. The van der Waals surface area contributed by atoms with Crippen LogP contribution in [0.2, 0.25) is 0 Å². The summed E-state index contributed by atoms with van der Waals surface area (Å²) in [4.78, 5) is 27.7. The number of anilines is 2. The minimum atomic E-state index is -0.615. The molecule has 4 rings (SSSR count). The normalized spacial score (nSPS) is 10.8. The number of nitro groups is 1. The van der Waals surface area contributed by atoms with Gasteiger partial charge in [0.05, 0.1) is 5.52 Å². The summed E-state index contributed by atoms with van der Waals surface area (Å²) in [6.45, 7) is 1.67. The van der Waals surface area contributed by atoms with E-state index < -0.39 is 16.2 Å². The molecule has 2 aromatic heterocycles. The minimum absolute atomic E-state index is 0.0157. The second-order valence-electron chi connectivity index (χ2n) is 6.29. The van der Waals surface area contributed by atoms with Gasteiger partial charge in [0.25, 0.3) is 0 Å². The first-order chi connectivity index (χ1) is 13.5. The van der Waals surface area contributed by atoms with Gasteiger partial charge in [0.1, 0.15) is 11.2 Å². The van der Waals surface area contributed by atoms with Gasteiger partial charge in [0.15, 0.2) is 11.1 Å². The van der Waals surface area contributed by atoms with Crippen LogP contribution in [0.3, 0.4) is 0 Å². The number of hydrogen-bond donors (Lipinski definition) is 1. The zero-order chi connectivity index (χ0) is 19.7. The topological polar surface area (TPSA) is 90.1 Å². The lowest BCUT2D eigenvalue weighted by atomic mass is 10.1. The fourth-order valence-corrected chi connectivity index (χ4v) is 3.19. The van der Waals surface area contributed by atoms with E-state index in [1.165, 1.54) is 6.07 Å². The molecule has 28 heavy (non-hydrogen) atoms. The van der Waals surface area contributed by atoms with E-state index >= 15 is 0 Å². The molecule has 2 heterocycles. The molecule has 2 aromatic carbocycles. The van der Waals surface area contributed by atoms with Crippen molar-refractivity contribution in [3.63, 3.8) is 0 Å². The molecule has 138 valence electrons. The van der Waals surface area contributed by atoms with E-state index in [1.807, 2.05) is 60.7 Å². The van der Waals surface area contributed by atoms with Gasteiger partial charge in [-0.25, -0.2) is 0 Å². The third kappa shape index (κ3) is 3.09. The lowest BCUT2D eigenvalue weighted by molar-refractivity contribution is -0.387. The lowest BCUT2D eigenvalue weighted by Gasteiger charge is -2.18. The summed E-state index contributed by atoms with van der Waals surface area (Å²) in [5.74, 6) is 0.0748. The number of hydrogen-bond acceptors (Lipinski definition) is 5. The van der Waals surface area contributed by atoms with E-state index in [9.17, 15) is 14.9 Å². The molecule has 4 aromatic rings. The molecule has 0 aliphatic heterocycles. The van der Waals surface area contributed by atoms with E-state index in [1.54, 1.807) is 17.6 Å². The van der Waals surface area contributed by atoms with Crippen molar-refractivity contribution >= 4 is 28.2 Å². The Hall–Kier alpha value is -4.00. The Labute approximate surface area is 160 Å². The molecule has 0 atom stereocenters. The fourth-order valence-electron chi connectivity index (χ4n) is 3.19. The highest BCUT2D eigenvalue weighted by Gasteiger charge is 2.22. The molecule has 1 N–H and O–H groups in total. The van der Waals surface area contributed by atoms with Gasteiger partial charge >= 0.3 is 5.82 Å². The lowest BCUT2D eigenvalue weighted by Crippen LogP contribution is -2.15. The summed E-state index contributed by atoms with van der Waals surface area (Å²) in [7, 11) is 0. The SMILES string of the molecule is Cc1cc2c(c([N+](=O)[O-])n1)c(=O)cc(Nc1ccccc1)n2-c1ccccc1. The molecule has 0 fully saturated rings. The zero-order valence-corrected chi connectivity index (χ0v) is 15.0. The summed E-state index contributed by atoms with van der Waals surface area (Å²) in [5, 5.41) is 14.8. The Morgan fingerprint density at radius 2 is 1.64 bits per heavy atom. The molecule has 0 saturated heterocycles. The van der Waals surface area contributed by atoms with Gasteiger partial charge in [-0.2, -0.15) is 0 Å². The second kappa shape index (κ2) is 6.96. The van der Waals surface area contributed by atoms with Crippen LogP contribution >= 0.6 is 0 Å². The standard InChI is InChI=1S/C21H16N4O3/c1-14-12-17-20(21(22-14)25(27)28)18(26)13-19(23-15-8-4-2-5-9-15)24(17)16-10-6-3-7-11-16/h2-13,23H,1H3. The predicted molar refractivity (Wildman–Crippen MR) is 108 cm³/mol. The smallest absolute Gasteiger partial charge is 0.358 e. The summed E-state index contributed by atoms with van der Waals surface area (Å²) < 4.78 is 1.80. The number of rotatable bonds is 4. The van der Waals surface area contributed by atoms with E-state index in [4.69, 9.17) is 0 Å². The number of fused-ring (bicyclic) bond motifs is 1. The van der Waals surface area contributed by atoms with Crippen LogP contribution in [0, 0.1) is 17.0 Å². The van der Waals surface area contributed by atoms with Gasteiger partial charge in [-0.05, 0) is 34.2 Å². The van der Waals surface area contributed by atoms with Crippen molar-refractivity contribution < 1.29 is 4.92 Å². The molecule has 0 amide bonds. The Bertz CT molecular complexity index is 1240. The highest BCUT2D eigenvalue weighted by molar-refractivity contribution is 5.90.